The SMILES string of the molecule is CCCCC(C)c1c(I)nc2sc(=S)[nH]n2c1=O. The van der Waals surface area contributed by atoms with E-state index in [0.29, 0.717) is 8.92 Å². The molecule has 4 nitrogen and oxygen atoms in total. The van der Waals surface area contributed by atoms with Gasteiger partial charge >= 0.3 is 0 Å². The Hall–Kier alpha value is -0.280. The van der Waals surface area contributed by atoms with Gasteiger partial charge in [-0.1, -0.05) is 38.0 Å². The van der Waals surface area contributed by atoms with Gasteiger partial charge in [0.25, 0.3) is 5.56 Å². The van der Waals surface area contributed by atoms with Gasteiger partial charge < -0.3 is 0 Å². The first kappa shape index (κ1) is 14.1. The average Bonchev–Trinajstić information content (AvgIpc) is 2.67. The largest absolute Gasteiger partial charge is 0.277 e. The molecule has 1 atom stereocenters. The molecule has 0 aliphatic carbocycles. The van der Waals surface area contributed by atoms with Gasteiger partial charge in [-0.25, -0.2) is 4.98 Å². The Kier molecular flexibility index (Phi) is 4.54. The van der Waals surface area contributed by atoms with E-state index in [0.717, 1.165) is 28.5 Å². The van der Waals surface area contributed by atoms with E-state index < -0.39 is 0 Å². The topological polar surface area (TPSA) is 50.2 Å². The molecule has 18 heavy (non-hydrogen) atoms. The molecule has 1 unspecified atom stereocenters. The molecule has 2 heterocycles. The minimum Gasteiger partial charge on any atom is -0.270 e. The second-order valence-electron chi connectivity index (χ2n) is 4.28. The molecule has 0 saturated carbocycles. The number of fused-ring (bicyclic) bond motifs is 1. The maximum Gasteiger partial charge on any atom is 0.277 e. The van der Waals surface area contributed by atoms with Crippen molar-refractivity contribution in [2.45, 2.75) is 39.0 Å². The molecule has 0 bridgehead atoms. The lowest BCUT2D eigenvalue weighted by Gasteiger charge is -2.11. The predicted molar refractivity (Wildman–Crippen MR) is 85.2 cm³/mol. The van der Waals surface area contributed by atoms with E-state index in [9.17, 15) is 4.79 Å². The highest BCUT2D eigenvalue weighted by Crippen LogP contribution is 2.23. The van der Waals surface area contributed by atoms with Gasteiger partial charge in [-0.3, -0.25) is 9.89 Å². The van der Waals surface area contributed by atoms with Gasteiger partial charge in [0.2, 0.25) is 4.96 Å². The molecule has 0 saturated heterocycles. The number of nitrogens with zero attached hydrogens (tertiary/aromatic N) is 2. The van der Waals surface area contributed by atoms with Crippen molar-refractivity contribution < 1.29 is 0 Å². The first-order valence-electron chi connectivity index (χ1n) is 5.85. The summed E-state index contributed by atoms with van der Waals surface area (Å²) in [5.41, 5.74) is 0.783. The van der Waals surface area contributed by atoms with E-state index in [1.54, 1.807) is 0 Å². The fourth-order valence-corrected chi connectivity index (χ4v) is 4.05. The van der Waals surface area contributed by atoms with Gasteiger partial charge in [0.05, 0.1) is 5.56 Å². The number of unbranched alkanes of at least 4 members (excludes halogenated alkanes) is 1. The Morgan fingerprint density at radius 2 is 2.33 bits per heavy atom. The Bertz CT molecular complexity index is 673. The lowest BCUT2D eigenvalue weighted by molar-refractivity contribution is 0.610. The van der Waals surface area contributed by atoms with Crippen LogP contribution >= 0.6 is 46.1 Å². The Balaban J connectivity index is 2.56. The Morgan fingerprint density at radius 3 is 3.00 bits per heavy atom. The van der Waals surface area contributed by atoms with Crippen LogP contribution in [0.4, 0.5) is 0 Å². The lowest BCUT2D eigenvalue weighted by Crippen LogP contribution is -2.23. The zero-order valence-corrected chi connectivity index (χ0v) is 14.0. The van der Waals surface area contributed by atoms with Crippen LogP contribution in [-0.2, 0) is 0 Å². The van der Waals surface area contributed by atoms with E-state index >= 15 is 0 Å². The van der Waals surface area contributed by atoms with Crippen LogP contribution in [0.2, 0.25) is 0 Å². The summed E-state index contributed by atoms with van der Waals surface area (Å²) in [6.07, 6.45) is 3.28. The van der Waals surface area contributed by atoms with Crippen LogP contribution in [-0.4, -0.2) is 14.6 Å². The van der Waals surface area contributed by atoms with E-state index in [2.05, 4.69) is 46.5 Å². The third-order valence-electron chi connectivity index (χ3n) is 2.91. The minimum absolute atomic E-state index is 0.0136. The van der Waals surface area contributed by atoms with Gasteiger partial charge in [-0.05, 0) is 47.1 Å². The zero-order valence-electron chi connectivity index (χ0n) is 10.2. The number of hydrogen-bond acceptors (Lipinski definition) is 4. The number of rotatable bonds is 4. The standard InChI is InChI=1S/C11H14IN3OS2/c1-3-4-5-6(2)7-8(12)13-10-15(9(7)16)14-11(17)18-10/h6H,3-5H2,1-2H3,(H,14,17). The van der Waals surface area contributed by atoms with E-state index in [1.165, 1.54) is 15.9 Å². The second-order valence-corrected chi connectivity index (χ2v) is 6.95. The normalized spacial score (nSPS) is 13.1. The summed E-state index contributed by atoms with van der Waals surface area (Å²) in [6, 6.07) is 0. The summed E-state index contributed by atoms with van der Waals surface area (Å²) in [6.45, 7) is 4.24. The van der Waals surface area contributed by atoms with Crippen molar-refractivity contribution in [1.29, 1.82) is 0 Å². The highest BCUT2D eigenvalue weighted by molar-refractivity contribution is 14.1. The molecular weight excluding hydrogens is 381 g/mol. The molecule has 7 heteroatoms. The molecule has 0 aromatic carbocycles. The molecule has 98 valence electrons. The van der Waals surface area contributed by atoms with Gasteiger partial charge in [0.15, 0.2) is 3.95 Å². The average molecular weight is 395 g/mol. The van der Waals surface area contributed by atoms with Crippen LogP contribution in [0, 0.1) is 7.65 Å². The van der Waals surface area contributed by atoms with Gasteiger partial charge in [0.1, 0.15) is 3.70 Å². The monoisotopic (exact) mass is 395 g/mol. The Labute approximate surface area is 128 Å². The maximum absolute atomic E-state index is 12.4. The van der Waals surface area contributed by atoms with Crippen molar-refractivity contribution in [3.63, 3.8) is 0 Å². The van der Waals surface area contributed by atoms with Crippen molar-refractivity contribution in [3.8, 4) is 0 Å². The molecule has 0 amide bonds. The van der Waals surface area contributed by atoms with E-state index in [1.807, 2.05) is 0 Å². The summed E-state index contributed by atoms with van der Waals surface area (Å²) in [5, 5.41) is 2.88. The molecule has 2 rings (SSSR count). The summed E-state index contributed by atoms with van der Waals surface area (Å²) in [7, 11) is 0. The number of hydrogen-bond donors (Lipinski definition) is 1. The molecule has 0 aliphatic rings. The van der Waals surface area contributed by atoms with E-state index in [4.69, 9.17) is 12.2 Å². The van der Waals surface area contributed by atoms with Crippen molar-refractivity contribution in [2.75, 3.05) is 0 Å². The molecule has 0 fully saturated rings. The first-order chi connectivity index (χ1) is 8.54. The molecule has 0 radical (unpaired) electrons. The first-order valence-corrected chi connectivity index (χ1v) is 8.16. The zero-order chi connectivity index (χ0) is 13.3. The lowest BCUT2D eigenvalue weighted by atomic mass is 9.98. The Morgan fingerprint density at radius 1 is 1.61 bits per heavy atom. The quantitative estimate of drug-likeness (QED) is 0.488. The summed E-state index contributed by atoms with van der Waals surface area (Å²) in [5.74, 6) is 0.232. The van der Waals surface area contributed by atoms with Crippen molar-refractivity contribution >= 4 is 51.1 Å². The number of aromatic nitrogens is 3. The summed E-state index contributed by atoms with van der Waals surface area (Å²) in [4.78, 5) is 17.5. The molecule has 0 spiro atoms. The van der Waals surface area contributed by atoms with Crippen LogP contribution < -0.4 is 5.56 Å². The number of nitrogens with one attached hydrogen (secondary N) is 1. The fourth-order valence-electron chi connectivity index (χ4n) is 1.92. The minimum atomic E-state index is -0.0136. The third-order valence-corrected chi connectivity index (χ3v) is 4.81. The van der Waals surface area contributed by atoms with Crippen LogP contribution in [0.25, 0.3) is 4.96 Å². The van der Waals surface area contributed by atoms with Crippen molar-refractivity contribution in [3.05, 3.63) is 23.6 Å². The van der Waals surface area contributed by atoms with Gasteiger partial charge in [0, 0.05) is 0 Å². The van der Waals surface area contributed by atoms with Crippen molar-refractivity contribution in [1.82, 2.24) is 14.6 Å². The van der Waals surface area contributed by atoms with E-state index in [-0.39, 0.29) is 11.5 Å². The second kappa shape index (κ2) is 5.79. The number of halogens is 1. The van der Waals surface area contributed by atoms with Crippen LogP contribution in [0.5, 0.6) is 0 Å². The molecule has 1 N–H and O–H groups in total. The summed E-state index contributed by atoms with van der Waals surface area (Å²) >= 11 is 8.53. The van der Waals surface area contributed by atoms with Crippen LogP contribution in [0.1, 0.15) is 44.6 Å². The third kappa shape index (κ3) is 2.67. The van der Waals surface area contributed by atoms with Crippen LogP contribution in [0.15, 0.2) is 4.79 Å². The van der Waals surface area contributed by atoms with Gasteiger partial charge in [-0.15, -0.1) is 0 Å². The highest BCUT2D eigenvalue weighted by atomic mass is 127. The maximum atomic E-state index is 12.4. The number of H-pyrrole nitrogens is 1. The summed E-state index contributed by atoms with van der Waals surface area (Å²) < 4.78 is 2.84. The van der Waals surface area contributed by atoms with Crippen molar-refractivity contribution in [2.24, 2.45) is 0 Å². The highest BCUT2D eigenvalue weighted by Gasteiger charge is 2.17. The number of aromatic amines is 1. The molecular formula is C11H14IN3OS2. The predicted octanol–water partition coefficient (Wildman–Crippen LogP) is 3.71. The van der Waals surface area contributed by atoms with Gasteiger partial charge in [-0.2, -0.15) is 4.52 Å². The molecule has 2 aromatic heterocycles. The van der Waals surface area contributed by atoms with Crippen LogP contribution in [0.3, 0.4) is 0 Å². The smallest absolute Gasteiger partial charge is 0.270 e. The molecule has 2 aromatic rings. The molecule has 0 aliphatic heterocycles. The fraction of sp³-hybridized carbons (Fsp3) is 0.545.